The van der Waals surface area contributed by atoms with E-state index >= 15 is 0 Å². The highest BCUT2D eigenvalue weighted by Crippen LogP contribution is 2.70. The Morgan fingerprint density at radius 1 is 1.00 bits per heavy atom. The van der Waals surface area contributed by atoms with E-state index in [0.29, 0.717) is 21.3 Å². The number of hydrogen-bond donors (Lipinski definition) is 0. The third-order valence-electron chi connectivity index (χ3n) is 5.25. The Balaban J connectivity index is 1.59. The minimum Gasteiger partial charge on any atom is -0.406 e. The fraction of sp³-hybridized carbons (Fsp3) is 0.263. The minimum absolute atomic E-state index is 0.297. The molecule has 1 aliphatic carbocycles. The van der Waals surface area contributed by atoms with Crippen LogP contribution in [-0.4, -0.2) is 18.2 Å². The van der Waals surface area contributed by atoms with Crippen LogP contribution in [0.25, 0.3) is 0 Å². The number of ether oxygens (including phenoxy) is 1. The molecule has 1 unspecified atom stereocenters. The van der Waals surface area contributed by atoms with Crippen molar-refractivity contribution in [3.05, 3.63) is 58.1 Å². The van der Waals surface area contributed by atoms with E-state index in [4.69, 9.17) is 23.2 Å². The van der Waals surface area contributed by atoms with Crippen LogP contribution in [0, 0.1) is 11.3 Å². The van der Waals surface area contributed by atoms with Gasteiger partial charge in [0.15, 0.2) is 0 Å². The smallest absolute Gasteiger partial charge is 0.406 e. The average Bonchev–Trinajstić information content (AvgIpc) is 3.14. The number of hydrogen-bond acceptors (Lipinski definition) is 3. The molecule has 0 spiro atoms. The van der Waals surface area contributed by atoms with Crippen LogP contribution in [0.3, 0.4) is 0 Å². The molecule has 1 saturated carbocycles. The maximum Gasteiger partial charge on any atom is 0.573 e. The summed E-state index contributed by atoms with van der Waals surface area (Å²) in [6.07, 6.45) is -4.78. The first-order valence-electron chi connectivity index (χ1n) is 8.22. The van der Waals surface area contributed by atoms with Gasteiger partial charge < -0.3 is 4.74 Å². The first-order valence-corrected chi connectivity index (χ1v) is 8.98. The molecule has 1 saturated heterocycles. The standard InChI is InChI=1S/C19H12Cl2F3NO3/c1-18-14(9-2-4-13(5-3-9)28-19(22,23)24)15(18)16(26)25(17(18)27)12-7-10(20)6-11(21)8-12/h2-8,14-15H,1H3/t14-,15?,18-/m1/s1. The van der Waals surface area contributed by atoms with Crippen LogP contribution in [0.1, 0.15) is 18.4 Å². The molecular formula is C19H12Cl2F3NO3. The second-order valence-corrected chi connectivity index (χ2v) is 7.83. The monoisotopic (exact) mass is 429 g/mol. The molecule has 0 N–H and O–H groups in total. The lowest BCUT2D eigenvalue weighted by Crippen LogP contribution is -2.36. The minimum atomic E-state index is -4.78. The number of rotatable bonds is 3. The predicted octanol–water partition coefficient (Wildman–Crippen LogP) is 5.19. The highest BCUT2D eigenvalue weighted by molar-refractivity contribution is 6.36. The number of alkyl halides is 3. The van der Waals surface area contributed by atoms with E-state index in [9.17, 15) is 22.8 Å². The van der Waals surface area contributed by atoms with Crippen molar-refractivity contribution in [2.45, 2.75) is 19.2 Å². The lowest BCUT2D eigenvalue weighted by molar-refractivity contribution is -0.274. The number of carbonyl (C=O) groups excluding carboxylic acids is 2. The third kappa shape index (κ3) is 2.93. The first-order chi connectivity index (χ1) is 13.0. The van der Waals surface area contributed by atoms with Gasteiger partial charge in [0, 0.05) is 16.0 Å². The summed E-state index contributed by atoms with van der Waals surface area (Å²) in [5.41, 5.74) is -0.0562. The topological polar surface area (TPSA) is 46.6 Å². The predicted molar refractivity (Wildman–Crippen MR) is 96.4 cm³/mol. The van der Waals surface area contributed by atoms with Crippen LogP contribution >= 0.6 is 23.2 Å². The zero-order chi connectivity index (χ0) is 20.4. The van der Waals surface area contributed by atoms with E-state index in [1.165, 1.54) is 42.5 Å². The van der Waals surface area contributed by atoms with Crippen LogP contribution in [0.5, 0.6) is 5.75 Å². The van der Waals surface area contributed by atoms with Crippen molar-refractivity contribution in [1.82, 2.24) is 0 Å². The van der Waals surface area contributed by atoms with E-state index in [0.717, 1.165) is 4.90 Å². The molecule has 28 heavy (non-hydrogen) atoms. The number of amides is 2. The molecular weight excluding hydrogens is 418 g/mol. The zero-order valence-corrected chi connectivity index (χ0v) is 15.8. The van der Waals surface area contributed by atoms with E-state index in [1.807, 2.05) is 0 Å². The summed E-state index contributed by atoms with van der Waals surface area (Å²) in [5.74, 6) is -2.13. The van der Waals surface area contributed by atoms with Gasteiger partial charge in [-0.2, -0.15) is 0 Å². The number of nitrogens with zero attached hydrogens (tertiary/aromatic N) is 1. The van der Waals surface area contributed by atoms with Crippen molar-refractivity contribution in [3.8, 4) is 5.75 Å². The van der Waals surface area contributed by atoms with E-state index < -0.39 is 23.6 Å². The number of imide groups is 1. The van der Waals surface area contributed by atoms with Crippen LogP contribution in [0.2, 0.25) is 10.0 Å². The molecule has 9 heteroatoms. The molecule has 0 aromatic heterocycles. The Morgan fingerprint density at radius 3 is 2.04 bits per heavy atom. The van der Waals surface area contributed by atoms with Crippen molar-refractivity contribution in [2.24, 2.45) is 11.3 Å². The highest BCUT2D eigenvalue weighted by Gasteiger charge is 2.77. The Bertz CT molecular complexity index is 973. The first kappa shape index (κ1) is 19.1. The summed E-state index contributed by atoms with van der Waals surface area (Å²) in [6.45, 7) is 1.68. The quantitative estimate of drug-likeness (QED) is 0.631. The molecule has 2 fully saturated rings. The summed E-state index contributed by atoms with van der Waals surface area (Å²) in [6, 6.07) is 9.68. The summed E-state index contributed by atoms with van der Waals surface area (Å²) in [5, 5.41) is 0.594. The lowest BCUT2D eigenvalue weighted by atomic mass is 9.99. The SMILES string of the molecule is C[C@]12C(=O)N(c3cc(Cl)cc(Cl)c3)C(=O)C1[C@H]2c1ccc(OC(F)(F)F)cc1. The van der Waals surface area contributed by atoms with Gasteiger partial charge in [-0.15, -0.1) is 13.2 Å². The van der Waals surface area contributed by atoms with Crippen molar-refractivity contribution in [3.63, 3.8) is 0 Å². The molecule has 146 valence electrons. The van der Waals surface area contributed by atoms with E-state index in [-0.39, 0.29) is 17.6 Å². The van der Waals surface area contributed by atoms with Gasteiger partial charge in [-0.3, -0.25) is 9.59 Å². The van der Waals surface area contributed by atoms with Crippen LogP contribution in [0.15, 0.2) is 42.5 Å². The van der Waals surface area contributed by atoms with E-state index in [2.05, 4.69) is 4.74 Å². The summed E-state index contributed by atoms with van der Waals surface area (Å²) in [7, 11) is 0. The number of carbonyl (C=O) groups is 2. The number of benzene rings is 2. The molecule has 0 radical (unpaired) electrons. The Morgan fingerprint density at radius 2 is 1.57 bits per heavy atom. The second-order valence-electron chi connectivity index (χ2n) is 6.96. The van der Waals surface area contributed by atoms with Gasteiger partial charge in [0.1, 0.15) is 5.75 Å². The maximum atomic E-state index is 13.0. The molecule has 2 amide bonds. The normalized spacial score (nSPS) is 26.4. The molecule has 3 atom stereocenters. The molecule has 4 rings (SSSR count). The highest BCUT2D eigenvalue weighted by atomic mass is 35.5. The van der Waals surface area contributed by atoms with Crippen molar-refractivity contribution in [1.29, 1.82) is 0 Å². The lowest BCUT2D eigenvalue weighted by Gasteiger charge is -2.21. The fourth-order valence-electron chi connectivity index (χ4n) is 3.99. The molecule has 2 aromatic rings. The number of anilines is 1. The number of fused-ring (bicyclic) bond motifs is 1. The molecule has 1 heterocycles. The van der Waals surface area contributed by atoms with Gasteiger partial charge in [0.05, 0.1) is 17.0 Å². The van der Waals surface area contributed by atoms with Crippen LogP contribution in [0.4, 0.5) is 18.9 Å². The Kier molecular flexibility index (Phi) is 4.17. The van der Waals surface area contributed by atoms with Crippen LogP contribution in [-0.2, 0) is 9.59 Å². The van der Waals surface area contributed by atoms with Crippen molar-refractivity contribution >= 4 is 40.7 Å². The Hall–Kier alpha value is -2.25. The van der Waals surface area contributed by atoms with Crippen molar-refractivity contribution in [2.75, 3.05) is 4.90 Å². The zero-order valence-electron chi connectivity index (χ0n) is 14.3. The summed E-state index contributed by atoms with van der Waals surface area (Å²) < 4.78 is 40.7. The number of piperidine rings is 1. The second kappa shape index (κ2) is 6.12. The fourth-order valence-corrected chi connectivity index (χ4v) is 4.50. The van der Waals surface area contributed by atoms with Gasteiger partial charge in [0.2, 0.25) is 11.8 Å². The van der Waals surface area contributed by atoms with E-state index in [1.54, 1.807) is 6.92 Å². The average molecular weight is 430 g/mol. The number of halogens is 5. The van der Waals surface area contributed by atoms with Crippen LogP contribution < -0.4 is 9.64 Å². The molecule has 2 aromatic carbocycles. The van der Waals surface area contributed by atoms with Gasteiger partial charge in [-0.1, -0.05) is 35.3 Å². The van der Waals surface area contributed by atoms with Crippen molar-refractivity contribution < 1.29 is 27.5 Å². The summed E-state index contributed by atoms with van der Waals surface area (Å²) in [4.78, 5) is 26.9. The molecule has 4 nitrogen and oxygen atoms in total. The largest absolute Gasteiger partial charge is 0.573 e. The Labute approximate surface area is 167 Å². The van der Waals surface area contributed by atoms with Gasteiger partial charge in [-0.05, 0) is 42.8 Å². The molecule has 2 aliphatic rings. The molecule has 0 bridgehead atoms. The summed E-state index contributed by atoms with van der Waals surface area (Å²) >= 11 is 11.9. The van der Waals surface area contributed by atoms with Gasteiger partial charge in [-0.25, -0.2) is 4.90 Å². The maximum absolute atomic E-state index is 13.0. The molecule has 1 aliphatic heterocycles. The third-order valence-corrected chi connectivity index (χ3v) is 5.68. The van der Waals surface area contributed by atoms with Gasteiger partial charge in [0.25, 0.3) is 0 Å². The van der Waals surface area contributed by atoms with Gasteiger partial charge >= 0.3 is 6.36 Å².